The Labute approximate surface area is 71.0 Å². The molecule has 74 valence electrons. The molecule has 0 fully saturated rings. The first-order valence-electron chi connectivity index (χ1n) is 2.67. The van der Waals surface area contributed by atoms with Gasteiger partial charge in [0.1, 0.15) is 6.42 Å². The predicted octanol–water partition coefficient (Wildman–Crippen LogP) is -1.30. The maximum absolute atomic E-state index is 9.43. The number of hydrogen-bond donors (Lipinski definition) is 4. The van der Waals surface area contributed by atoms with Gasteiger partial charge in [0.05, 0.1) is 0 Å². The maximum atomic E-state index is 9.43. The lowest BCUT2D eigenvalue weighted by molar-refractivity contribution is -0.159. The summed E-state index contributed by atoms with van der Waals surface area (Å²) in [5.74, 6) is -6.27. The van der Waals surface area contributed by atoms with Crippen molar-refractivity contribution in [2.45, 2.75) is 6.42 Å². The molecular formula is C5H6O8. The van der Waals surface area contributed by atoms with Crippen molar-refractivity contribution in [1.82, 2.24) is 0 Å². The van der Waals surface area contributed by atoms with Crippen molar-refractivity contribution in [2.75, 3.05) is 0 Å². The van der Waals surface area contributed by atoms with Crippen LogP contribution in [0.5, 0.6) is 0 Å². The summed E-state index contributed by atoms with van der Waals surface area (Å²) in [6.07, 6.45) is -0.806. The Balaban J connectivity index is 0. The van der Waals surface area contributed by atoms with Crippen LogP contribution in [0.25, 0.3) is 0 Å². The predicted molar refractivity (Wildman–Crippen MR) is 35.2 cm³/mol. The fourth-order valence-corrected chi connectivity index (χ4v) is 0.129. The molecule has 0 atom stereocenters. The van der Waals surface area contributed by atoms with Gasteiger partial charge in [0.25, 0.3) is 0 Å². The zero-order valence-corrected chi connectivity index (χ0v) is 6.13. The number of carbonyl (C=O) groups is 4. The van der Waals surface area contributed by atoms with Crippen LogP contribution in [-0.2, 0) is 19.2 Å². The molecule has 0 spiro atoms. The minimum Gasteiger partial charge on any atom is -0.481 e. The number of rotatable bonds is 2. The monoisotopic (exact) mass is 194 g/mol. The first kappa shape index (κ1) is 13.5. The molecule has 13 heavy (non-hydrogen) atoms. The van der Waals surface area contributed by atoms with Crippen LogP contribution in [0.2, 0.25) is 0 Å². The van der Waals surface area contributed by atoms with Crippen molar-refractivity contribution in [3.8, 4) is 0 Å². The van der Waals surface area contributed by atoms with Gasteiger partial charge in [-0.05, 0) is 0 Å². The van der Waals surface area contributed by atoms with Crippen molar-refractivity contribution in [3.05, 3.63) is 0 Å². The standard InChI is InChI=1S/C3H4O4.C2H2O4/c4-2(5)1-3(6)7;3-1(4)2(5)6/h1H2,(H,4,5)(H,6,7);(H,3,4)(H,5,6). The van der Waals surface area contributed by atoms with Crippen LogP contribution < -0.4 is 0 Å². The van der Waals surface area contributed by atoms with Gasteiger partial charge < -0.3 is 20.4 Å². The Morgan fingerprint density at radius 1 is 0.692 bits per heavy atom. The molecule has 0 saturated heterocycles. The molecule has 8 heteroatoms. The highest BCUT2D eigenvalue weighted by atomic mass is 16.4. The number of carboxylic acids is 4. The van der Waals surface area contributed by atoms with E-state index in [1.165, 1.54) is 0 Å². The van der Waals surface area contributed by atoms with Crippen LogP contribution in [0.4, 0.5) is 0 Å². The van der Waals surface area contributed by atoms with Gasteiger partial charge in [-0.15, -0.1) is 0 Å². The molecule has 0 saturated carbocycles. The van der Waals surface area contributed by atoms with Gasteiger partial charge in [-0.2, -0.15) is 0 Å². The third kappa shape index (κ3) is 17.7. The second-order valence-electron chi connectivity index (χ2n) is 1.57. The van der Waals surface area contributed by atoms with Gasteiger partial charge >= 0.3 is 23.9 Å². The van der Waals surface area contributed by atoms with E-state index in [2.05, 4.69) is 0 Å². The van der Waals surface area contributed by atoms with E-state index in [1.807, 2.05) is 0 Å². The van der Waals surface area contributed by atoms with Gasteiger partial charge in [-0.25, -0.2) is 9.59 Å². The minimum atomic E-state index is -1.82. The lowest BCUT2D eigenvalue weighted by Crippen LogP contribution is -2.09. The zero-order valence-electron chi connectivity index (χ0n) is 6.13. The molecule has 0 bridgehead atoms. The third-order valence-corrected chi connectivity index (χ3v) is 0.485. The highest BCUT2D eigenvalue weighted by Gasteiger charge is 2.04. The Morgan fingerprint density at radius 3 is 0.923 bits per heavy atom. The van der Waals surface area contributed by atoms with E-state index in [1.54, 1.807) is 0 Å². The number of carboxylic acid groups (broad SMARTS) is 4. The molecule has 0 aliphatic heterocycles. The van der Waals surface area contributed by atoms with Crippen LogP contribution in [0.1, 0.15) is 6.42 Å². The fraction of sp³-hybridized carbons (Fsp3) is 0.200. The van der Waals surface area contributed by atoms with E-state index >= 15 is 0 Å². The quantitative estimate of drug-likeness (QED) is 0.313. The molecule has 0 rings (SSSR count). The third-order valence-electron chi connectivity index (χ3n) is 0.485. The van der Waals surface area contributed by atoms with E-state index in [4.69, 9.17) is 30.0 Å². The van der Waals surface area contributed by atoms with Crippen LogP contribution in [0.3, 0.4) is 0 Å². The Bertz CT molecular complexity index is 205. The zero-order chi connectivity index (χ0) is 11.0. The van der Waals surface area contributed by atoms with Crippen molar-refractivity contribution < 1.29 is 39.6 Å². The summed E-state index contributed by atoms with van der Waals surface area (Å²) in [4.78, 5) is 37.1. The van der Waals surface area contributed by atoms with E-state index < -0.39 is 30.3 Å². The second-order valence-corrected chi connectivity index (χ2v) is 1.57. The van der Waals surface area contributed by atoms with Crippen molar-refractivity contribution in [2.24, 2.45) is 0 Å². The average Bonchev–Trinajstić information content (AvgIpc) is 1.84. The van der Waals surface area contributed by atoms with Crippen molar-refractivity contribution >= 4 is 23.9 Å². The lowest BCUT2D eigenvalue weighted by atomic mass is 10.5. The van der Waals surface area contributed by atoms with E-state index in [-0.39, 0.29) is 0 Å². The summed E-state index contributed by atoms with van der Waals surface area (Å²) < 4.78 is 0. The molecule has 8 nitrogen and oxygen atoms in total. The molecule has 0 aromatic carbocycles. The Morgan fingerprint density at radius 2 is 0.923 bits per heavy atom. The van der Waals surface area contributed by atoms with Gasteiger partial charge in [0, 0.05) is 0 Å². The first-order chi connectivity index (χ1) is 5.77. The largest absolute Gasteiger partial charge is 0.481 e. The summed E-state index contributed by atoms with van der Waals surface area (Å²) in [6.45, 7) is 0. The molecule has 0 heterocycles. The highest BCUT2D eigenvalue weighted by molar-refractivity contribution is 6.27. The van der Waals surface area contributed by atoms with Gasteiger partial charge in [0.15, 0.2) is 0 Å². The van der Waals surface area contributed by atoms with Crippen molar-refractivity contribution in [1.29, 1.82) is 0 Å². The normalized spacial score (nSPS) is 7.69. The minimum absolute atomic E-state index is 0.806. The number of hydrogen-bond acceptors (Lipinski definition) is 4. The summed E-state index contributed by atoms with van der Waals surface area (Å²) in [6, 6.07) is 0. The van der Waals surface area contributed by atoms with E-state index in [0.717, 1.165) is 0 Å². The molecule has 0 aromatic rings. The van der Waals surface area contributed by atoms with Crippen LogP contribution >= 0.6 is 0 Å². The summed E-state index contributed by atoms with van der Waals surface area (Å²) in [7, 11) is 0. The fourth-order valence-electron chi connectivity index (χ4n) is 0.129. The van der Waals surface area contributed by atoms with Crippen LogP contribution in [0.15, 0.2) is 0 Å². The molecule has 0 aliphatic rings. The smallest absolute Gasteiger partial charge is 0.414 e. The van der Waals surface area contributed by atoms with Crippen LogP contribution in [0, 0.1) is 0 Å². The molecule has 0 unspecified atom stereocenters. The molecule has 0 aromatic heterocycles. The number of aliphatic carboxylic acids is 4. The summed E-state index contributed by atoms with van der Waals surface area (Å²) in [5.41, 5.74) is 0. The molecule has 0 aliphatic carbocycles. The lowest BCUT2D eigenvalue weighted by Gasteiger charge is -1.80. The average molecular weight is 194 g/mol. The highest BCUT2D eigenvalue weighted by Crippen LogP contribution is 1.74. The SMILES string of the molecule is O=C(O)C(=O)O.O=C(O)CC(=O)O. The molecule has 4 N–H and O–H groups in total. The second kappa shape index (κ2) is 6.58. The maximum Gasteiger partial charge on any atom is 0.414 e. The van der Waals surface area contributed by atoms with Crippen LogP contribution in [-0.4, -0.2) is 44.3 Å². The molecule has 0 amide bonds. The van der Waals surface area contributed by atoms with E-state index in [9.17, 15) is 9.59 Å². The summed E-state index contributed by atoms with van der Waals surface area (Å²) >= 11 is 0. The molecule has 0 radical (unpaired) electrons. The van der Waals surface area contributed by atoms with Crippen molar-refractivity contribution in [3.63, 3.8) is 0 Å². The summed E-state index contributed by atoms with van der Waals surface area (Å²) in [5, 5.41) is 30.2. The van der Waals surface area contributed by atoms with Gasteiger partial charge in [-0.1, -0.05) is 0 Å². The Hall–Kier alpha value is -2.12. The topological polar surface area (TPSA) is 149 Å². The molecular weight excluding hydrogens is 188 g/mol. The van der Waals surface area contributed by atoms with Gasteiger partial charge in [-0.3, -0.25) is 9.59 Å². The Kier molecular flexibility index (Phi) is 6.82. The first-order valence-corrected chi connectivity index (χ1v) is 2.67. The van der Waals surface area contributed by atoms with Gasteiger partial charge in [0.2, 0.25) is 0 Å². The van der Waals surface area contributed by atoms with E-state index in [0.29, 0.717) is 0 Å².